The predicted molar refractivity (Wildman–Crippen MR) is 193 cm³/mol. The molecule has 0 unspecified atom stereocenters. The second kappa shape index (κ2) is 21.0. The third-order valence-corrected chi connectivity index (χ3v) is 8.37. The first-order valence-corrected chi connectivity index (χ1v) is 17.4. The van der Waals surface area contributed by atoms with Crippen molar-refractivity contribution in [3.8, 4) is 0 Å². The molecular formula is C34H44BrN9O8. The van der Waals surface area contributed by atoms with Crippen molar-refractivity contribution in [2.24, 2.45) is 16.5 Å². The summed E-state index contributed by atoms with van der Waals surface area (Å²) in [7, 11) is 0. The molecule has 2 aromatic carbocycles. The molecule has 0 bridgehead atoms. The van der Waals surface area contributed by atoms with Crippen molar-refractivity contribution in [2.75, 3.05) is 19.6 Å². The van der Waals surface area contributed by atoms with Crippen LogP contribution in [0.4, 0.5) is 0 Å². The van der Waals surface area contributed by atoms with E-state index >= 15 is 0 Å². The van der Waals surface area contributed by atoms with E-state index in [9.17, 15) is 38.7 Å². The number of benzene rings is 2. The quantitative estimate of drug-likeness (QED) is 0.0653. The Labute approximate surface area is 308 Å². The Balaban J connectivity index is 1.87. The number of aliphatic imine (C=N–C) groups is 1. The summed E-state index contributed by atoms with van der Waals surface area (Å²) in [4.78, 5) is 95.0. The monoisotopic (exact) mass is 785 g/mol. The van der Waals surface area contributed by atoms with Crippen LogP contribution < -0.4 is 43.4 Å². The summed E-state index contributed by atoms with van der Waals surface area (Å²) < 4.78 is 0.747. The summed E-state index contributed by atoms with van der Waals surface area (Å²) >= 11 is 3.34. The molecule has 17 nitrogen and oxygen atoms in total. The Morgan fingerprint density at radius 2 is 1.42 bits per heavy atom. The van der Waals surface area contributed by atoms with Crippen LogP contribution in [0.1, 0.15) is 54.4 Å². The molecule has 1 heterocycles. The number of aliphatic carboxylic acids is 1. The molecule has 3 rings (SSSR count). The van der Waals surface area contributed by atoms with Crippen LogP contribution in [-0.2, 0) is 35.2 Å². The van der Waals surface area contributed by atoms with Crippen LogP contribution in [0.2, 0.25) is 0 Å². The lowest BCUT2D eigenvalue weighted by molar-refractivity contribution is -0.141. The van der Waals surface area contributed by atoms with Gasteiger partial charge in [-0.2, -0.15) is 0 Å². The van der Waals surface area contributed by atoms with E-state index in [1.165, 1.54) is 0 Å². The van der Waals surface area contributed by atoms with Crippen LogP contribution in [0, 0.1) is 0 Å². The molecule has 1 aliphatic heterocycles. The average molecular weight is 787 g/mol. The largest absolute Gasteiger partial charge is 0.481 e. The zero-order valence-corrected chi connectivity index (χ0v) is 29.9. The van der Waals surface area contributed by atoms with Crippen molar-refractivity contribution in [1.29, 1.82) is 0 Å². The molecule has 2 aromatic rings. The number of unbranched alkanes of at least 4 members (excludes halogenated alkanes) is 1. The number of carboxylic acids is 1. The van der Waals surface area contributed by atoms with E-state index in [4.69, 9.17) is 11.5 Å². The van der Waals surface area contributed by atoms with Gasteiger partial charge in [0.25, 0.3) is 5.91 Å². The SMILES string of the molecule is NC(N)=NCCC[C@@H]1NC(=O)[C@H](CCCCNC(=O)c2cccc(Br)c2)NC(=O)[C@@H](Cc2ccccc2)NC(=O)[C@H](CC(=O)O)NC(=O)CNC1=O. The lowest BCUT2D eigenvalue weighted by Gasteiger charge is -2.26. The van der Waals surface area contributed by atoms with Gasteiger partial charge in [-0.25, -0.2) is 0 Å². The first-order chi connectivity index (χ1) is 24.8. The molecule has 0 spiro atoms. The Bertz CT molecular complexity index is 1620. The summed E-state index contributed by atoms with van der Waals surface area (Å²) in [6.45, 7) is -0.232. The molecule has 4 atom stereocenters. The number of carbonyl (C=O) groups is 7. The zero-order valence-electron chi connectivity index (χ0n) is 28.4. The number of nitrogens with zero attached hydrogens (tertiary/aromatic N) is 1. The third-order valence-electron chi connectivity index (χ3n) is 7.87. The van der Waals surface area contributed by atoms with Crippen LogP contribution in [-0.4, -0.2) is 96.3 Å². The van der Waals surface area contributed by atoms with E-state index in [0.717, 1.165) is 4.47 Å². The van der Waals surface area contributed by atoms with Crippen molar-refractivity contribution in [3.05, 3.63) is 70.2 Å². The van der Waals surface area contributed by atoms with Crippen molar-refractivity contribution in [3.63, 3.8) is 0 Å². The van der Waals surface area contributed by atoms with Crippen LogP contribution in [0.15, 0.2) is 64.1 Å². The highest BCUT2D eigenvalue weighted by atomic mass is 79.9. The second-order valence-corrected chi connectivity index (χ2v) is 12.9. The van der Waals surface area contributed by atoms with Gasteiger partial charge in [0.2, 0.25) is 29.5 Å². The highest BCUT2D eigenvalue weighted by molar-refractivity contribution is 9.10. The van der Waals surface area contributed by atoms with Crippen LogP contribution in [0.25, 0.3) is 0 Å². The van der Waals surface area contributed by atoms with Crippen LogP contribution >= 0.6 is 15.9 Å². The van der Waals surface area contributed by atoms with E-state index in [-0.39, 0.29) is 50.6 Å². The van der Waals surface area contributed by atoms with Gasteiger partial charge in [-0.1, -0.05) is 52.3 Å². The molecule has 0 aliphatic carbocycles. The summed E-state index contributed by atoms with van der Waals surface area (Å²) in [6.07, 6.45) is 0.339. The smallest absolute Gasteiger partial charge is 0.305 e. The van der Waals surface area contributed by atoms with Gasteiger partial charge in [0.05, 0.1) is 13.0 Å². The first kappa shape index (κ1) is 40.9. The number of nitrogens with two attached hydrogens (primary N) is 2. The summed E-state index contributed by atoms with van der Waals surface area (Å²) in [5.74, 6) is -5.88. The van der Waals surface area contributed by atoms with Gasteiger partial charge in [0.1, 0.15) is 24.2 Å². The fraction of sp³-hybridized carbons (Fsp3) is 0.412. The zero-order chi connectivity index (χ0) is 38.0. The number of rotatable bonds is 14. The molecule has 0 radical (unpaired) electrons. The summed E-state index contributed by atoms with van der Waals surface area (Å²) in [5.41, 5.74) is 11.9. The predicted octanol–water partition coefficient (Wildman–Crippen LogP) is -0.811. The maximum atomic E-state index is 13.8. The Kier molecular flexibility index (Phi) is 16.5. The molecule has 18 heteroatoms. The molecule has 11 N–H and O–H groups in total. The van der Waals surface area contributed by atoms with Crippen molar-refractivity contribution >= 4 is 63.3 Å². The molecule has 52 heavy (non-hydrogen) atoms. The van der Waals surface area contributed by atoms with E-state index in [2.05, 4.69) is 52.8 Å². The molecule has 280 valence electrons. The topological polar surface area (TPSA) is 276 Å². The maximum Gasteiger partial charge on any atom is 0.305 e. The van der Waals surface area contributed by atoms with Gasteiger partial charge in [0, 0.05) is 29.5 Å². The summed E-state index contributed by atoms with van der Waals surface area (Å²) in [5, 5.41) is 24.9. The lowest BCUT2D eigenvalue weighted by atomic mass is 10.0. The number of guanidine groups is 1. The maximum absolute atomic E-state index is 13.8. The highest BCUT2D eigenvalue weighted by Crippen LogP contribution is 2.12. The number of nitrogens with one attached hydrogen (secondary N) is 6. The van der Waals surface area contributed by atoms with Gasteiger partial charge in [0.15, 0.2) is 5.96 Å². The number of halogens is 1. The molecule has 1 fully saturated rings. The van der Waals surface area contributed by atoms with Crippen LogP contribution in [0.3, 0.4) is 0 Å². The first-order valence-electron chi connectivity index (χ1n) is 16.7. The van der Waals surface area contributed by atoms with E-state index < -0.39 is 72.6 Å². The van der Waals surface area contributed by atoms with E-state index in [1.54, 1.807) is 54.6 Å². The van der Waals surface area contributed by atoms with Gasteiger partial charge in [-0.3, -0.25) is 38.6 Å². The molecular weight excluding hydrogens is 742 g/mol. The van der Waals surface area contributed by atoms with E-state index in [1.807, 2.05) is 0 Å². The molecule has 0 saturated carbocycles. The Morgan fingerprint density at radius 3 is 2.10 bits per heavy atom. The van der Waals surface area contributed by atoms with Crippen molar-refractivity contribution < 1.29 is 38.7 Å². The fourth-order valence-electron chi connectivity index (χ4n) is 5.24. The van der Waals surface area contributed by atoms with Gasteiger partial charge in [-0.15, -0.1) is 0 Å². The average Bonchev–Trinajstić information content (AvgIpc) is 3.10. The van der Waals surface area contributed by atoms with Gasteiger partial charge < -0.3 is 48.5 Å². The molecule has 0 aromatic heterocycles. The van der Waals surface area contributed by atoms with Crippen LogP contribution in [0.5, 0.6) is 0 Å². The highest BCUT2D eigenvalue weighted by Gasteiger charge is 2.33. The standard InChI is InChI=1S/C34H44BrN9O8/c35-22-11-6-10-21(17-22)29(48)38-14-5-4-12-24-31(50)42-23(13-7-15-39-34(36)37)30(49)40-19-27(45)41-26(18-28(46)47)33(52)44-25(32(51)43-24)16-20-8-2-1-3-9-20/h1-3,6,8-11,17,23-26H,4-5,7,12-16,18-19H2,(H,38,48)(H,40,49)(H,41,45)(H,42,50)(H,43,51)(H,44,52)(H,46,47)(H4,36,37,39)/t23-,24-,25+,26-/m0/s1. The molecule has 1 saturated heterocycles. The second-order valence-electron chi connectivity index (χ2n) is 12.0. The number of hydrogen-bond donors (Lipinski definition) is 9. The van der Waals surface area contributed by atoms with E-state index in [0.29, 0.717) is 24.0 Å². The minimum atomic E-state index is -1.59. The Hall–Kier alpha value is -5.52. The van der Waals surface area contributed by atoms with Gasteiger partial charge in [-0.05, 0) is 55.9 Å². The third kappa shape index (κ3) is 14.4. The lowest BCUT2D eigenvalue weighted by Crippen LogP contribution is -2.58. The van der Waals surface area contributed by atoms with Crippen molar-refractivity contribution in [1.82, 2.24) is 31.9 Å². The minimum absolute atomic E-state index is 0.0322. The number of carboxylic acid groups (broad SMARTS) is 1. The van der Waals surface area contributed by atoms with Gasteiger partial charge >= 0.3 is 5.97 Å². The number of carbonyl (C=O) groups excluding carboxylic acids is 6. The number of amides is 6. The molecule has 1 aliphatic rings. The van der Waals surface area contributed by atoms with Crippen molar-refractivity contribution in [2.45, 2.75) is 69.1 Å². The minimum Gasteiger partial charge on any atom is -0.481 e. The normalized spacial score (nSPS) is 20.1. The Morgan fingerprint density at radius 1 is 0.788 bits per heavy atom. The molecule has 6 amide bonds. The fourth-order valence-corrected chi connectivity index (χ4v) is 5.64. The number of hydrogen-bond acceptors (Lipinski definition) is 8. The summed E-state index contributed by atoms with van der Waals surface area (Å²) in [6, 6.07) is 10.3.